The lowest BCUT2D eigenvalue weighted by molar-refractivity contribution is 0.0992. The van der Waals surface area contributed by atoms with Crippen LogP contribution in [0.15, 0.2) is 4.90 Å². The van der Waals surface area contributed by atoms with Crippen molar-refractivity contribution < 1.29 is 4.79 Å². The van der Waals surface area contributed by atoms with E-state index in [-0.39, 0.29) is 5.78 Å². The van der Waals surface area contributed by atoms with Crippen LogP contribution in [0.1, 0.15) is 56.6 Å². The molecule has 0 saturated heterocycles. The Labute approximate surface area is 130 Å². The first kappa shape index (κ1) is 17.4. The van der Waals surface area contributed by atoms with E-state index < -0.39 is 0 Å². The molecule has 5 heteroatoms. The highest BCUT2D eigenvalue weighted by molar-refractivity contribution is 7.99. The van der Waals surface area contributed by atoms with Gasteiger partial charge in [-0.25, -0.2) is 0 Å². The summed E-state index contributed by atoms with van der Waals surface area (Å²) in [5, 5.41) is 4.58. The molecule has 0 saturated carbocycles. The summed E-state index contributed by atoms with van der Waals surface area (Å²) in [6, 6.07) is 0.387. The molecule has 0 aliphatic carbocycles. The molecule has 2 unspecified atom stereocenters. The minimum Gasteiger partial charge on any atom is -0.396 e. The van der Waals surface area contributed by atoms with Gasteiger partial charge in [-0.1, -0.05) is 27.2 Å². The zero-order valence-corrected chi connectivity index (χ0v) is 14.7. The van der Waals surface area contributed by atoms with Gasteiger partial charge in [-0.05, 0) is 25.5 Å². The molecule has 2 atom stereocenters. The van der Waals surface area contributed by atoms with Gasteiger partial charge in [0.1, 0.15) is 5.00 Å². The fourth-order valence-corrected chi connectivity index (χ4v) is 4.29. The monoisotopic (exact) mass is 314 g/mol. The molecular weight excluding hydrogens is 288 g/mol. The van der Waals surface area contributed by atoms with Gasteiger partial charge in [0.25, 0.3) is 0 Å². The predicted molar refractivity (Wildman–Crippen MR) is 92.3 cm³/mol. The van der Waals surface area contributed by atoms with Crippen LogP contribution in [0.2, 0.25) is 0 Å². The Balaban J connectivity index is 2.92. The number of hydrogen-bond acceptors (Lipinski definition) is 5. The second-order valence-corrected chi connectivity index (χ2v) is 7.12. The standard InChI is InChI=1S/C15H26N2OS2/c1-6-9(3)8-10(4)17-15-14(19-5)12(16)13(20-15)11(18)7-2/h9-10,17H,6-8,16H2,1-5H3. The van der Waals surface area contributed by atoms with Crippen molar-refractivity contribution in [3.05, 3.63) is 4.88 Å². The molecule has 20 heavy (non-hydrogen) atoms. The van der Waals surface area contributed by atoms with E-state index in [0.29, 0.717) is 28.9 Å². The Kier molecular flexibility index (Phi) is 6.89. The molecule has 1 rings (SSSR count). The number of ketones is 1. The lowest BCUT2D eigenvalue weighted by Crippen LogP contribution is -2.17. The fraction of sp³-hybridized carbons (Fsp3) is 0.667. The molecule has 114 valence electrons. The average molecular weight is 315 g/mol. The van der Waals surface area contributed by atoms with Crippen molar-refractivity contribution in [3.8, 4) is 0 Å². The van der Waals surface area contributed by atoms with Crippen LogP contribution in [0.25, 0.3) is 0 Å². The number of hydrogen-bond donors (Lipinski definition) is 2. The van der Waals surface area contributed by atoms with Crippen molar-refractivity contribution in [3.63, 3.8) is 0 Å². The van der Waals surface area contributed by atoms with Gasteiger partial charge >= 0.3 is 0 Å². The molecule has 0 spiro atoms. The van der Waals surface area contributed by atoms with Crippen LogP contribution in [0.4, 0.5) is 10.7 Å². The highest BCUT2D eigenvalue weighted by atomic mass is 32.2. The fourth-order valence-electron chi connectivity index (χ4n) is 2.15. The molecule has 0 aliphatic rings. The maximum atomic E-state index is 11.9. The Morgan fingerprint density at radius 2 is 2.05 bits per heavy atom. The van der Waals surface area contributed by atoms with E-state index in [4.69, 9.17) is 5.73 Å². The van der Waals surface area contributed by atoms with Gasteiger partial charge in [0.15, 0.2) is 5.78 Å². The summed E-state index contributed by atoms with van der Waals surface area (Å²) in [6.45, 7) is 8.54. The molecule has 0 aliphatic heterocycles. The summed E-state index contributed by atoms with van der Waals surface area (Å²) in [5.41, 5.74) is 6.77. The first-order valence-electron chi connectivity index (χ1n) is 7.20. The van der Waals surface area contributed by atoms with E-state index in [1.54, 1.807) is 11.8 Å². The molecule has 0 bridgehead atoms. The lowest BCUT2D eigenvalue weighted by atomic mass is 10.0. The molecule has 1 heterocycles. The van der Waals surface area contributed by atoms with Crippen molar-refractivity contribution in [1.29, 1.82) is 0 Å². The highest BCUT2D eigenvalue weighted by Gasteiger charge is 2.20. The Morgan fingerprint density at radius 3 is 2.55 bits per heavy atom. The highest BCUT2D eigenvalue weighted by Crippen LogP contribution is 2.42. The number of carbonyl (C=O) groups is 1. The minimum atomic E-state index is 0.130. The predicted octanol–water partition coefficient (Wildman–Crippen LogP) is 4.88. The smallest absolute Gasteiger partial charge is 0.174 e. The van der Waals surface area contributed by atoms with Gasteiger partial charge < -0.3 is 11.1 Å². The van der Waals surface area contributed by atoms with Gasteiger partial charge in [-0.3, -0.25) is 4.79 Å². The molecule has 0 amide bonds. The second kappa shape index (κ2) is 7.93. The van der Waals surface area contributed by atoms with Crippen molar-refractivity contribution in [1.82, 2.24) is 0 Å². The summed E-state index contributed by atoms with van der Waals surface area (Å²) in [6.07, 6.45) is 4.82. The molecule has 0 radical (unpaired) electrons. The number of thioether (sulfide) groups is 1. The quantitative estimate of drug-likeness (QED) is 0.530. The van der Waals surface area contributed by atoms with Crippen molar-refractivity contribution >= 4 is 39.6 Å². The normalized spacial score (nSPS) is 14.1. The van der Waals surface area contributed by atoms with E-state index in [1.165, 1.54) is 17.8 Å². The van der Waals surface area contributed by atoms with Crippen molar-refractivity contribution in [2.75, 3.05) is 17.3 Å². The molecule has 3 N–H and O–H groups in total. The summed E-state index contributed by atoms with van der Waals surface area (Å²) < 4.78 is 0. The van der Waals surface area contributed by atoms with Gasteiger partial charge in [0, 0.05) is 12.5 Å². The van der Waals surface area contributed by atoms with E-state index in [2.05, 4.69) is 26.1 Å². The van der Waals surface area contributed by atoms with Gasteiger partial charge in [0.05, 0.1) is 15.5 Å². The third kappa shape index (κ3) is 4.16. The van der Waals surface area contributed by atoms with Crippen LogP contribution < -0.4 is 11.1 Å². The number of carbonyl (C=O) groups excluding carboxylic acids is 1. The first-order valence-corrected chi connectivity index (χ1v) is 9.24. The number of nitrogens with one attached hydrogen (secondary N) is 1. The number of anilines is 2. The van der Waals surface area contributed by atoms with Crippen LogP contribution in [0.5, 0.6) is 0 Å². The minimum absolute atomic E-state index is 0.130. The van der Waals surface area contributed by atoms with Crippen LogP contribution in [0, 0.1) is 5.92 Å². The Bertz CT molecular complexity index is 457. The molecule has 3 nitrogen and oxygen atoms in total. The Hall–Kier alpha value is -0.680. The van der Waals surface area contributed by atoms with Gasteiger partial charge in [-0.15, -0.1) is 23.1 Å². The van der Waals surface area contributed by atoms with E-state index in [1.807, 2.05) is 13.2 Å². The van der Waals surface area contributed by atoms with Crippen LogP contribution >= 0.6 is 23.1 Å². The molecule has 1 aromatic heterocycles. The topological polar surface area (TPSA) is 55.1 Å². The third-order valence-corrected chi connectivity index (χ3v) is 5.65. The zero-order valence-electron chi connectivity index (χ0n) is 13.1. The second-order valence-electron chi connectivity index (χ2n) is 5.28. The van der Waals surface area contributed by atoms with Crippen LogP contribution in [-0.4, -0.2) is 18.1 Å². The summed E-state index contributed by atoms with van der Waals surface area (Å²) in [5.74, 6) is 0.828. The zero-order chi connectivity index (χ0) is 15.3. The third-order valence-electron chi connectivity index (χ3n) is 3.51. The van der Waals surface area contributed by atoms with Crippen LogP contribution in [-0.2, 0) is 0 Å². The maximum absolute atomic E-state index is 11.9. The molecule has 1 aromatic rings. The summed E-state index contributed by atoms with van der Waals surface area (Å²) in [7, 11) is 0. The number of nitrogens with two attached hydrogens (primary N) is 1. The Morgan fingerprint density at radius 1 is 1.40 bits per heavy atom. The van der Waals surface area contributed by atoms with Gasteiger partial charge in [-0.2, -0.15) is 0 Å². The van der Waals surface area contributed by atoms with Crippen molar-refractivity contribution in [2.24, 2.45) is 5.92 Å². The van der Waals surface area contributed by atoms with Crippen LogP contribution in [0.3, 0.4) is 0 Å². The average Bonchev–Trinajstić information content (AvgIpc) is 2.73. The van der Waals surface area contributed by atoms with E-state index >= 15 is 0 Å². The summed E-state index contributed by atoms with van der Waals surface area (Å²) >= 11 is 3.11. The lowest BCUT2D eigenvalue weighted by Gasteiger charge is -2.18. The SMILES string of the molecule is CCC(=O)c1sc(NC(C)CC(C)CC)c(SC)c1N. The molecule has 0 fully saturated rings. The molecular formula is C15H26N2OS2. The van der Waals surface area contributed by atoms with E-state index in [0.717, 1.165) is 16.3 Å². The molecule has 0 aromatic carbocycles. The summed E-state index contributed by atoms with van der Waals surface area (Å²) in [4.78, 5) is 13.6. The van der Waals surface area contributed by atoms with E-state index in [9.17, 15) is 4.79 Å². The number of Topliss-reactive ketones (excluding diaryl/α,β-unsaturated/α-hetero) is 1. The largest absolute Gasteiger partial charge is 0.396 e. The number of nitrogen functional groups attached to an aromatic ring is 1. The number of rotatable bonds is 8. The number of thiophene rings is 1. The van der Waals surface area contributed by atoms with Crippen molar-refractivity contribution in [2.45, 2.75) is 57.9 Å². The van der Waals surface area contributed by atoms with Gasteiger partial charge in [0.2, 0.25) is 0 Å². The first-order chi connectivity index (χ1) is 9.44. The maximum Gasteiger partial charge on any atom is 0.174 e.